The van der Waals surface area contributed by atoms with Crippen molar-refractivity contribution in [3.05, 3.63) is 18.2 Å². The molecule has 1 aliphatic heterocycles. The average molecular weight is 258 g/mol. The molecule has 1 aliphatic rings. The smallest absolute Gasteiger partial charge is 0.214 e. The molecule has 0 bridgehead atoms. The van der Waals surface area contributed by atoms with Crippen LogP contribution in [0.5, 0.6) is 0 Å². The lowest BCUT2D eigenvalue weighted by atomic mass is 10.2. The molecule has 0 unspecified atom stereocenters. The molecule has 1 fully saturated rings. The van der Waals surface area contributed by atoms with E-state index < -0.39 is 10.0 Å². The van der Waals surface area contributed by atoms with Crippen LogP contribution in [-0.2, 0) is 16.4 Å². The number of sulfonamides is 1. The molecule has 0 atom stereocenters. The van der Waals surface area contributed by atoms with Gasteiger partial charge in [-0.15, -0.1) is 0 Å². The van der Waals surface area contributed by atoms with Gasteiger partial charge in [0, 0.05) is 24.9 Å². The van der Waals surface area contributed by atoms with Crippen molar-refractivity contribution >= 4 is 10.0 Å². The molecule has 0 saturated carbocycles. The zero-order valence-corrected chi connectivity index (χ0v) is 10.5. The van der Waals surface area contributed by atoms with Crippen molar-refractivity contribution in [2.75, 3.05) is 19.6 Å². The summed E-state index contributed by atoms with van der Waals surface area (Å²) in [6.07, 6.45) is 5.33. The molecule has 3 N–H and O–H groups in total. The Morgan fingerprint density at radius 2 is 2.18 bits per heavy atom. The molecule has 17 heavy (non-hydrogen) atoms. The first-order valence-electron chi connectivity index (χ1n) is 5.85. The standard InChI is InChI=1S/C10H18N4O2S/c15-17(16,10-2-4-11-5-3-10)14-6-1-9-7-12-8-13-9/h7-8,10-11,14H,1-6H2,(H,12,13). The normalized spacial score (nSPS) is 18.4. The first-order valence-corrected chi connectivity index (χ1v) is 7.39. The Morgan fingerprint density at radius 3 is 2.82 bits per heavy atom. The predicted molar refractivity (Wildman–Crippen MR) is 65.1 cm³/mol. The molecule has 1 aromatic heterocycles. The van der Waals surface area contributed by atoms with Crippen molar-refractivity contribution in [2.24, 2.45) is 0 Å². The maximum absolute atomic E-state index is 11.9. The van der Waals surface area contributed by atoms with E-state index in [-0.39, 0.29) is 5.25 Å². The Morgan fingerprint density at radius 1 is 1.41 bits per heavy atom. The minimum atomic E-state index is -3.16. The SMILES string of the molecule is O=S(=O)(NCCc1cnc[nH]1)C1CCNCC1. The zero-order valence-electron chi connectivity index (χ0n) is 9.65. The van der Waals surface area contributed by atoms with E-state index in [1.807, 2.05) is 0 Å². The molecule has 0 aliphatic carbocycles. The van der Waals surface area contributed by atoms with Crippen LogP contribution >= 0.6 is 0 Å². The van der Waals surface area contributed by atoms with Gasteiger partial charge in [0.25, 0.3) is 0 Å². The van der Waals surface area contributed by atoms with Gasteiger partial charge in [0.2, 0.25) is 10.0 Å². The Kier molecular flexibility index (Phi) is 4.14. The predicted octanol–water partition coefficient (Wildman–Crippen LogP) is -0.376. The number of nitrogens with one attached hydrogen (secondary N) is 3. The van der Waals surface area contributed by atoms with Crippen LogP contribution in [0, 0.1) is 0 Å². The summed E-state index contributed by atoms with van der Waals surface area (Å²) >= 11 is 0. The summed E-state index contributed by atoms with van der Waals surface area (Å²) in [5, 5.41) is 2.91. The summed E-state index contributed by atoms with van der Waals surface area (Å²) in [5.41, 5.74) is 0.943. The van der Waals surface area contributed by atoms with Gasteiger partial charge in [-0.05, 0) is 25.9 Å². The van der Waals surface area contributed by atoms with Gasteiger partial charge in [0.05, 0.1) is 11.6 Å². The van der Waals surface area contributed by atoms with Gasteiger partial charge < -0.3 is 10.3 Å². The molecule has 2 rings (SSSR count). The molecule has 6 nitrogen and oxygen atoms in total. The molecule has 2 heterocycles. The Labute approximate surface area is 101 Å². The van der Waals surface area contributed by atoms with E-state index in [2.05, 4.69) is 20.0 Å². The number of hydrogen-bond donors (Lipinski definition) is 3. The fourth-order valence-electron chi connectivity index (χ4n) is 1.97. The molecule has 96 valence electrons. The van der Waals surface area contributed by atoms with Crippen molar-refractivity contribution in [2.45, 2.75) is 24.5 Å². The average Bonchev–Trinajstić information content (AvgIpc) is 2.83. The number of H-pyrrole nitrogens is 1. The number of nitrogens with zero attached hydrogens (tertiary/aromatic N) is 1. The number of rotatable bonds is 5. The lowest BCUT2D eigenvalue weighted by molar-refractivity contribution is 0.489. The van der Waals surface area contributed by atoms with E-state index in [1.54, 1.807) is 12.5 Å². The van der Waals surface area contributed by atoms with Crippen LogP contribution in [0.15, 0.2) is 12.5 Å². The van der Waals surface area contributed by atoms with Crippen LogP contribution in [0.4, 0.5) is 0 Å². The van der Waals surface area contributed by atoms with Crippen molar-refractivity contribution in [1.29, 1.82) is 0 Å². The van der Waals surface area contributed by atoms with Gasteiger partial charge in [-0.1, -0.05) is 0 Å². The fraction of sp³-hybridized carbons (Fsp3) is 0.700. The minimum absolute atomic E-state index is 0.245. The number of aromatic amines is 1. The van der Waals surface area contributed by atoms with E-state index in [0.717, 1.165) is 18.8 Å². The van der Waals surface area contributed by atoms with E-state index in [9.17, 15) is 8.42 Å². The number of aromatic nitrogens is 2. The fourth-order valence-corrected chi connectivity index (χ4v) is 3.45. The highest BCUT2D eigenvalue weighted by atomic mass is 32.2. The maximum Gasteiger partial charge on any atom is 0.214 e. The van der Waals surface area contributed by atoms with Gasteiger partial charge in [-0.3, -0.25) is 0 Å². The summed E-state index contributed by atoms with van der Waals surface area (Å²) in [5.74, 6) is 0. The van der Waals surface area contributed by atoms with Crippen molar-refractivity contribution in [3.8, 4) is 0 Å². The third-order valence-electron chi connectivity index (χ3n) is 2.98. The third kappa shape index (κ3) is 3.52. The van der Waals surface area contributed by atoms with Crippen LogP contribution < -0.4 is 10.0 Å². The highest BCUT2D eigenvalue weighted by Gasteiger charge is 2.26. The first-order chi connectivity index (χ1) is 8.18. The minimum Gasteiger partial charge on any atom is -0.348 e. The van der Waals surface area contributed by atoms with Crippen LogP contribution in [0.25, 0.3) is 0 Å². The highest BCUT2D eigenvalue weighted by Crippen LogP contribution is 2.11. The topological polar surface area (TPSA) is 86.9 Å². The quantitative estimate of drug-likeness (QED) is 0.672. The highest BCUT2D eigenvalue weighted by molar-refractivity contribution is 7.90. The van der Waals surface area contributed by atoms with E-state index in [1.165, 1.54) is 0 Å². The van der Waals surface area contributed by atoms with Gasteiger partial charge in [0.1, 0.15) is 0 Å². The zero-order chi connectivity index (χ0) is 12.1. The Balaban J connectivity index is 1.80. The molecule has 7 heteroatoms. The number of hydrogen-bond acceptors (Lipinski definition) is 4. The van der Waals surface area contributed by atoms with Crippen LogP contribution in [0.1, 0.15) is 18.5 Å². The van der Waals surface area contributed by atoms with Gasteiger partial charge >= 0.3 is 0 Å². The monoisotopic (exact) mass is 258 g/mol. The van der Waals surface area contributed by atoms with Gasteiger partial charge in [-0.2, -0.15) is 0 Å². The lowest BCUT2D eigenvalue weighted by Gasteiger charge is -2.22. The van der Waals surface area contributed by atoms with Crippen molar-refractivity contribution < 1.29 is 8.42 Å². The summed E-state index contributed by atoms with van der Waals surface area (Å²) < 4.78 is 26.6. The maximum atomic E-state index is 11.9. The van der Waals surface area contributed by atoms with E-state index >= 15 is 0 Å². The Bertz CT molecular complexity index is 423. The molecular weight excluding hydrogens is 240 g/mol. The number of piperidine rings is 1. The van der Waals surface area contributed by atoms with E-state index in [0.29, 0.717) is 25.8 Å². The summed E-state index contributed by atoms with van der Waals surface area (Å²) in [6, 6.07) is 0. The third-order valence-corrected chi connectivity index (χ3v) is 4.93. The summed E-state index contributed by atoms with van der Waals surface area (Å²) in [7, 11) is -3.16. The summed E-state index contributed by atoms with van der Waals surface area (Å²) in [6.45, 7) is 1.99. The molecule has 0 aromatic carbocycles. The van der Waals surface area contributed by atoms with Gasteiger partial charge in [-0.25, -0.2) is 18.1 Å². The molecule has 0 spiro atoms. The van der Waals surface area contributed by atoms with Crippen LogP contribution in [0.2, 0.25) is 0 Å². The molecular formula is C10H18N4O2S. The second kappa shape index (κ2) is 5.61. The lowest BCUT2D eigenvalue weighted by Crippen LogP contribution is -2.42. The molecule has 1 saturated heterocycles. The van der Waals surface area contributed by atoms with E-state index in [4.69, 9.17) is 0 Å². The summed E-state index contributed by atoms with van der Waals surface area (Å²) in [4.78, 5) is 6.83. The largest absolute Gasteiger partial charge is 0.348 e. The van der Waals surface area contributed by atoms with Crippen LogP contribution in [-0.4, -0.2) is 43.3 Å². The van der Waals surface area contributed by atoms with Gasteiger partial charge in [0.15, 0.2) is 0 Å². The first kappa shape index (κ1) is 12.5. The van der Waals surface area contributed by atoms with Crippen molar-refractivity contribution in [1.82, 2.24) is 20.0 Å². The molecule has 1 aromatic rings. The number of imidazole rings is 1. The van der Waals surface area contributed by atoms with Crippen LogP contribution in [0.3, 0.4) is 0 Å². The second-order valence-corrected chi connectivity index (χ2v) is 6.26. The van der Waals surface area contributed by atoms with Crippen molar-refractivity contribution in [3.63, 3.8) is 0 Å². The molecule has 0 radical (unpaired) electrons. The molecule has 0 amide bonds. The second-order valence-electron chi connectivity index (χ2n) is 4.22. The Hall–Kier alpha value is -0.920.